The third-order valence-electron chi connectivity index (χ3n) is 6.76. The number of carboxylic acids is 1. The molecule has 1 aromatic carbocycles. The van der Waals surface area contributed by atoms with E-state index in [9.17, 15) is 31.5 Å². The summed E-state index contributed by atoms with van der Waals surface area (Å²) in [6.07, 6.45) is -3.35. The number of aliphatic carboxylic acids is 1. The van der Waals surface area contributed by atoms with Crippen LogP contribution in [0.25, 0.3) is 0 Å². The summed E-state index contributed by atoms with van der Waals surface area (Å²) in [7, 11) is -4.21. The summed E-state index contributed by atoms with van der Waals surface area (Å²) in [5.74, 6) is -0.697. The predicted octanol–water partition coefficient (Wildman–Crippen LogP) is 3.74. The zero-order chi connectivity index (χ0) is 28.5. The molecule has 14 heteroatoms. The number of sulfone groups is 1. The first-order valence-corrected chi connectivity index (χ1v) is 14.3. The minimum Gasteiger partial charge on any atom is -0.481 e. The minimum absolute atomic E-state index is 0.00264. The van der Waals surface area contributed by atoms with Gasteiger partial charge >= 0.3 is 12.1 Å². The normalized spacial score (nSPS) is 15.4. The Bertz CT molecular complexity index is 1520. The summed E-state index contributed by atoms with van der Waals surface area (Å²) in [4.78, 5) is 16.1. The molecule has 0 bridgehead atoms. The third kappa shape index (κ3) is 6.49. The number of aromatic nitrogens is 3. The molecule has 2 aliphatic heterocycles. The van der Waals surface area contributed by atoms with E-state index < -0.39 is 45.2 Å². The van der Waals surface area contributed by atoms with E-state index in [4.69, 9.17) is 9.47 Å². The van der Waals surface area contributed by atoms with Crippen molar-refractivity contribution in [2.75, 3.05) is 24.4 Å². The van der Waals surface area contributed by atoms with Gasteiger partial charge in [-0.2, -0.15) is 18.3 Å². The summed E-state index contributed by atoms with van der Waals surface area (Å²) >= 11 is 0. The van der Waals surface area contributed by atoms with Crippen LogP contribution in [0.15, 0.2) is 41.4 Å². The first-order chi connectivity index (χ1) is 19.0. The number of pyridine rings is 1. The number of nitrogens with one attached hydrogen (secondary N) is 1. The Morgan fingerprint density at radius 1 is 1.12 bits per heavy atom. The molecule has 40 heavy (non-hydrogen) atoms. The molecule has 0 saturated heterocycles. The van der Waals surface area contributed by atoms with Gasteiger partial charge in [0.2, 0.25) is 6.79 Å². The van der Waals surface area contributed by atoms with Gasteiger partial charge in [0.05, 0.1) is 17.9 Å². The number of fused-ring (bicyclic) bond motifs is 2. The van der Waals surface area contributed by atoms with Crippen LogP contribution in [0.4, 0.5) is 19.0 Å². The second-order valence-electron chi connectivity index (χ2n) is 9.77. The molecule has 0 amide bonds. The van der Waals surface area contributed by atoms with E-state index in [1.54, 1.807) is 24.3 Å². The van der Waals surface area contributed by atoms with Gasteiger partial charge in [-0.3, -0.25) is 4.79 Å². The van der Waals surface area contributed by atoms with Crippen molar-refractivity contribution in [3.63, 3.8) is 0 Å². The van der Waals surface area contributed by atoms with Crippen molar-refractivity contribution < 1.29 is 41.0 Å². The fraction of sp³-hybridized carbons (Fsp3) is 0.423. The Morgan fingerprint density at radius 3 is 2.70 bits per heavy atom. The molecule has 2 aliphatic rings. The summed E-state index contributed by atoms with van der Waals surface area (Å²) in [6.45, 7) is -0.824. The topological polar surface area (TPSA) is 133 Å². The zero-order valence-corrected chi connectivity index (χ0v) is 22.1. The number of aryl methyl sites for hydroxylation is 2. The van der Waals surface area contributed by atoms with Crippen LogP contribution >= 0.6 is 0 Å². The van der Waals surface area contributed by atoms with Crippen LogP contribution in [0.2, 0.25) is 0 Å². The van der Waals surface area contributed by atoms with Crippen molar-refractivity contribution in [3.05, 3.63) is 58.9 Å². The monoisotopic (exact) mass is 580 g/mol. The zero-order valence-electron chi connectivity index (χ0n) is 21.3. The smallest absolute Gasteiger partial charge is 0.408 e. The third-order valence-corrected chi connectivity index (χ3v) is 8.47. The number of carboxylic acid groups (broad SMARTS) is 1. The molecule has 1 unspecified atom stereocenters. The molecule has 4 heterocycles. The van der Waals surface area contributed by atoms with Gasteiger partial charge in [0.15, 0.2) is 26.4 Å². The van der Waals surface area contributed by atoms with Crippen LogP contribution < -0.4 is 14.8 Å². The lowest BCUT2D eigenvalue weighted by molar-refractivity contribution is -0.144. The number of alkyl halides is 3. The molecular weight excluding hydrogens is 553 g/mol. The summed E-state index contributed by atoms with van der Waals surface area (Å²) in [5.41, 5.74) is 2.11. The van der Waals surface area contributed by atoms with Crippen molar-refractivity contribution in [3.8, 4) is 11.5 Å². The highest BCUT2D eigenvalue weighted by Gasteiger charge is 2.33. The average Bonchev–Trinajstić information content (AvgIpc) is 3.52. The van der Waals surface area contributed by atoms with Gasteiger partial charge in [0.25, 0.3) is 0 Å². The molecule has 0 spiro atoms. The number of carbonyl (C=O) groups is 1. The predicted molar refractivity (Wildman–Crippen MR) is 136 cm³/mol. The maximum atomic E-state index is 13.4. The van der Waals surface area contributed by atoms with Crippen LogP contribution in [-0.4, -0.2) is 59.5 Å². The highest BCUT2D eigenvalue weighted by molar-refractivity contribution is 7.91. The second kappa shape index (κ2) is 11.0. The number of ether oxygens (including phenoxy) is 2. The van der Waals surface area contributed by atoms with Crippen molar-refractivity contribution in [2.45, 2.75) is 55.8 Å². The molecule has 2 aromatic heterocycles. The van der Waals surface area contributed by atoms with Crippen molar-refractivity contribution >= 4 is 21.6 Å². The highest BCUT2D eigenvalue weighted by Crippen LogP contribution is 2.36. The first-order valence-electron chi connectivity index (χ1n) is 12.7. The Labute approximate surface area is 228 Å². The van der Waals surface area contributed by atoms with E-state index in [1.807, 2.05) is 6.07 Å². The molecule has 5 rings (SSSR count). The molecule has 10 nitrogen and oxygen atoms in total. The lowest BCUT2D eigenvalue weighted by Gasteiger charge is -2.17. The van der Waals surface area contributed by atoms with E-state index in [-0.39, 0.29) is 31.7 Å². The van der Waals surface area contributed by atoms with Gasteiger partial charge in [-0.15, -0.1) is 0 Å². The number of anilines is 1. The number of benzene rings is 1. The largest absolute Gasteiger partial charge is 0.481 e. The van der Waals surface area contributed by atoms with Gasteiger partial charge in [0, 0.05) is 24.6 Å². The fourth-order valence-corrected chi connectivity index (χ4v) is 6.30. The molecule has 3 aromatic rings. The van der Waals surface area contributed by atoms with Crippen molar-refractivity contribution in [1.29, 1.82) is 0 Å². The lowest BCUT2D eigenvalue weighted by Crippen LogP contribution is -2.23. The molecule has 214 valence electrons. The Kier molecular flexibility index (Phi) is 7.62. The standard InChI is InChI=1S/C26H27F3N4O6S/c27-26(28,29)14-33-23(40(36,37)9-7-19-5-3-16-2-1-8-30-25(16)31-19)13-20(32-33)10-18(12-24(34)35)17-4-6-21-22(11-17)39-15-38-21/h3-6,11,13,18H,1-2,7-10,12,14-15H2,(H,30,31)(H,34,35). The summed E-state index contributed by atoms with van der Waals surface area (Å²) in [5, 5.41) is 16.0. The number of hydrogen-bond donors (Lipinski definition) is 2. The summed E-state index contributed by atoms with van der Waals surface area (Å²) in [6, 6.07) is 9.58. The Morgan fingerprint density at radius 2 is 1.93 bits per heavy atom. The number of hydrogen-bond acceptors (Lipinski definition) is 8. The Hall–Kier alpha value is -3.81. The lowest BCUT2D eigenvalue weighted by atomic mass is 9.91. The van der Waals surface area contributed by atoms with Crippen LogP contribution in [0.1, 0.15) is 41.3 Å². The van der Waals surface area contributed by atoms with Gasteiger partial charge in [-0.25, -0.2) is 18.1 Å². The molecule has 0 radical (unpaired) electrons. The SMILES string of the molecule is O=C(O)CC(Cc1cc(S(=O)(=O)CCc2ccc3c(n2)NCCC3)n(CC(F)(F)F)n1)c1ccc2c(c1)OCO2. The second-order valence-corrected chi connectivity index (χ2v) is 11.8. The number of halogens is 3. The van der Waals surface area contributed by atoms with Crippen LogP contribution in [0, 0.1) is 0 Å². The molecule has 2 N–H and O–H groups in total. The van der Waals surface area contributed by atoms with Crippen molar-refractivity contribution in [2.24, 2.45) is 0 Å². The van der Waals surface area contributed by atoms with Gasteiger partial charge < -0.3 is 19.9 Å². The number of rotatable bonds is 10. The van der Waals surface area contributed by atoms with E-state index in [1.165, 1.54) is 0 Å². The van der Waals surface area contributed by atoms with Crippen LogP contribution in [0.5, 0.6) is 11.5 Å². The molecule has 0 saturated carbocycles. The van der Waals surface area contributed by atoms with Crippen molar-refractivity contribution in [1.82, 2.24) is 14.8 Å². The van der Waals surface area contributed by atoms with Crippen LogP contribution in [0.3, 0.4) is 0 Å². The van der Waals surface area contributed by atoms with Gasteiger partial charge in [-0.1, -0.05) is 12.1 Å². The summed E-state index contributed by atoms with van der Waals surface area (Å²) < 4.78 is 77.8. The molecule has 1 atom stereocenters. The molecular formula is C26H27F3N4O6S. The molecule has 0 fully saturated rings. The van der Waals surface area contributed by atoms with E-state index >= 15 is 0 Å². The van der Waals surface area contributed by atoms with Gasteiger partial charge in [0.1, 0.15) is 12.4 Å². The van der Waals surface area contributed by atoms with E-state index in [0.717, 1.165) is 31.0 Å². The highest BCUT2D eigenvalue weighted by atomic mass is 32.2. The maximum absolute atomic E-state index is 13.4. The maximum Gasteiger partial charge on any atom is 0.408 e. The fourth-order valence-electron chi connectivity index (χ4n) is 4.87. The van der Waals surface area contributed by atoms with Gasteiger partial charge in [-0.05, 0) is 54.7 Å². The van der Waals surface area contributed by atoms with E-state index in [0.29, 0.717) is 33.3 Å². The quantitative estimate of drug-likeness (QED) is 0.368. The van der Waals surface area contributed by atoms with E-state index in [2.05, 4.69) is 15.4 Å². The average molecular weight is 581 g/mol. The first kappa shape index (κ1) is 27.7. The molecule has 0 aliphatic carbocycles. The minimum atomic E-state index is -4.73. The van der Waals surface area contributed by atoms with Crippen LogP contribution in [-0.2, 0) is 40.4 Å². The number of nitrogens with zero attached hydrogens (tertiary/aromatic N) is 3. The Balaban J connectivity index is 1.40.